The molecule has 7 nitrogen and oxygen atoms in total. The zero-order valence-electron chi connectivity index (χ0n) is 24.3. The second-order valence-electron chi connectivity index (χ2n) is 11.7. The minimum absolute atomic E-state index is 0.0833. The molecular weight excluding hydrogens is 500 g/mol. The van der Waals surface area contributed by atoms with Crippen LogP contribution in [0.5, 0.6) is 0 Å². The van der Waals surface area contributed by atoms with Crippen molar-refractivity contribution in [1.82, 2.24) is 14.7 Å². The molecule has 2 unspecified atom stereocenters. The Morgan fingerprint density at radius 2 is 1.52 bits per heavy atom. The van der Waals surface area contributed by atoms with Crippen molar-refractivity contribution in [3.05, 3.63) is 65.7 Å². The third-order valence-corrected chi connectivity index (χ3v) is 9.13. The van der Waals surface area contributed by atoms with Crippen LogP contribution in [0.4, 0.5) is 5.69 Å². The van der Waals surface area contributed by atoms with Crippen LogP contribution in [0.15, 0.2) is 54.6 Å². The van der Waals surface area contributed by atoms with Gasteiger partial charge in [-0.15, -0.1) is 0 Å². The van der Waals surface area contributed by atoms with Gasteiger partial charge in [0.25, 0.3) is 0 Å². The predicted octanol–water partition coefficient (Wildman–Crippen LogP) is 4.70. The molecule has 3 heterocycles. The molecule has 0 radical (unpaired) electrons. The number of rotatable bonds is 6. The van der Waals surface area contributed by atoms with Crippen LogP contribution in [-0.4, -0.2) is 84.5 Å². The summed E-state index contributed by atoms with van der Waals surface area (Å²) in [4.78, 5) is 36.0. The number of hydrogen-bond acceptors (Lipinski definition) is 5. The second-order valence-corrected chi connectivity index (χ2v) is 11.7. The molecule has 2 atom stereocenters. The summed E-state index contributed by atoms with van der Waals surface area (Å²) in [5.41, 5.74) is 3.61. The van der Waals surface area contributed by atoms with Crippen LogP contribution in [-0.2, 0) is 27.4 Å². The first-order valence-electron chi connectivity index (χ1n) is 15.3. The summed E-state index contributed by atoms with van der Waals surface area (Å²) < 4.78 is 5.33. The lowest BCUT2D eigenvalue weighted by Gasteiger charge is -2.46. The fourth-order valence-electron chi connectivity index (χ4n) is 7.11. The summed E-state index contributed by atoms with van der Waals surface area (Å²) in [6.45, 7) is 7.48. The molecule has 3 aliphatic rings. The molecule has 2 bridgehead atoms. The highest BCUT2D eigenvalue weighted by Gasteiger charge is 2.38. The van der Waals surface area contributed by atoms with Gasteiger partial charge in [-0.25, -0.2) is 0 Å². The summed E-state index contributed by atoms with van der Waals surface area (Å²) in [6, 6.07) is 19.9. The number of amides is 2. The number of benzene rings is 2. The lowest BCUT2D eigenvalue weighted by atomic mass is 9.92. The SMILES string of the molecule is CCC(=O)N1CCC2CCCC(CN(C3CCN(Cc4ccccc4)CC3)Cc3ccccc31)N2C(=O)COC. The van der Waals surface area contributed by atoms with Crippen molar-refractivity contribution in [1.29, 1.82) is 0 Å². The number of fused-ring (bicyclic) bond motifs is 3. The summed E-state index contributed by atoms with van der Waals surface area (Å²) in [6.07, 6.45) is 6.60. The lowest BCUT2D eigenvalue weighted by molar-refractivity contribution is -0.143. The predicted molar refractivity (Wildman–Crippen MR) is 159 cm³/mol. The van der Waals surface area contributed by atoms with Crippen LogP contribution in [0.2, 0.25) is 0 Å². The maximum Gasteiger partial charge on any atom is 0.249 e. The Morgan fingerprint density at radius 3 is 2.27 bits per heavy atom. The van der Waals surface area contributed by atoms with E-state index in [1.807, 2.05) is 17.9 Å². The Labute approximate surface area is 240 Å². The molecule has 0 aliphatic carbocycles. The number of carbonyl (C=O) groups is 2. The van der Waals surface area contributed by atoms with Gasteiger partial charge < -0.3 is 14.5 Å². The highest BCUT2D eigenvalue weighted by atomic mass is 16.5. The fourth-order valence-corrected chi connectivity index (χ4v) is 7.11. The number of para-hydroxylation sites is 1. The van der Waals surface area contributed by atoms with Gasteiger partial charge in [-0.3, -0.25) is 19.4 Å². The first-order chi connectivity index (χ1) is 19.6. The third-order valence-electron chi connectivity index (χ3n) is 9.13. The molecule has 2 saturated heterocycles. The van der Waals surface area contributed by atoms with Crippen LogP contribution in [0.1, 0.15) is 63.0 Å². The standard InChI is InChI=1S/C33H46N4O3/c1-3-32(38)36-21-18-29-13-9-14-30(37(29)33(39)25-40-2)24-35(23-27-12-7-8-15-31(27)36)28-16-19-34(20-17-28)22-26-10-5-4-6-11-26/h4-8,10-12,15,28-30H,3,9,13-14,16-25H2,1-2H3. The van der Waals surface area contributed by atoms with E-state index in [1.165, 1.54) is 11.1 Å². The minimum Gasteiger partial charge on any atom is -0.375 e. The second kappa shape index (κ2) is 13.7. The molecule has 2 amide bonds. The topological polar surface area (TPSA) is 56.3 Å². The molecule has 7 heteroatoms. The van der Waals surface area contributed by atoms with E-state index in [0.29, 0.717) is 19.0 Å². The molecule has 2 fully saturated rings. The Kier molecular flexibility index (Phi) is 9.89. The molecule has 40 heavy (non-hydrogen) atoms. The van der Waals surface area contributed by atoms with Gasteiger partial charge >= 0.3 is 0 Å². The average molecular weight is 547 g/mol. The van der Waals surface area contributed by atoms with Gasteiger partial charge in [-0.05, 0) is 68.8 Å². The number of anilines is 1. The molecule has 3 aliphatic heterocycles. The van der Waals surface area contributed by atoms with Crippen molar-refractivity contribution in [3.63, 3.8) is 0 Å². The summed E-state index contributed by atoms with van der Waals surface area (Å²) in [5, 5.41) is 0. The molecule has 0 N–H and O–H groups in total. The van der Waals surface area contributed by atoms with E-state index in [9.17, 15) is 9.59 Å². The van der Waals surface area contributed by atoms with Crippen molar-refractivity contribution in [2.45, 2.75) is 83.1 Å². The zero-order chi connectivity index (χ0) is 27.9. The zero-order valence-corrected chi connectivity index (χ0v) is 24.3. The number of piperidine rings is 2. The number of methoxy groups -OCH3 is 1. The summed E-state index contributed by atoms with van der Waals surface area (Å²) in [7, 11) is 1.61. The number of ether oxygens (including phenoxy) is 1. The first kappa shape index (κ1) is 28.8. The number of likely N-dealkylation sites (tertiary alicyclic amines) is 1. The molecule has 2 aromatic rings. The summed E-state index contributed by atoms with van der Waals surface area (Å²) >= 11 is 0. The van der Waals surface area contributed by atoms with Crippen molar-refractivity contribution < 1.29 is 14.3 Å². The monoisotopic (exact) mass is 546 g/mol. The van der Waals surface area contributed by atoms with Gasteiger partial charge in [0, 0.05) is 63.5 Å². The Balaban J connectivity index is 1.43. The smallest absolute Gasteiger partial charge is 0.249 e. The Hall–Kier alpha value is -2.74. The quantitative estimate of drug-likeness (QED) is 0.526. The van der Waals surface area contributed by atoms with Gasteiger partial charge in [0.1, 0.15) is 6.61 Å². The van der Waals surface area contributed by atoms with Crippen LogP contribution in [0.3, 0.4) is 0 Å². The van der Waals surface area contributed by atoms with E-state index >= 15 is 0 Å². The van der Waals surface area contributed by atoms with E-state index in [0.717, 1.165) is 76.9 Å². The Morgan fingerprint density at radius 1 is 0.825 bits per heavy atom. The normalized spacial score (nSPS) is 23.4. The van der Waals surface area contributed by atoms with Crippen molar-refractivity contribution >= 4 is 17.5 Å². The largest absolute Gasteiger partial charge is 0.375 e. The van der Waals surface area contributed by atoms with Gasteiger partial charge in [0.2, 0.25) is 11.8 Å². The van der Waals surface area contributed by atoms with E-state index in [2.05, 4.69) is 63.2 Å². The molecule has 216 valence electrons. The van der Waals surface area contributed by atoms with Gasteiger partial charge in [-0.1, -0.05) is 55.5 Å². The van der Waals surface area contributed by atoms with Crippen LogP contribution < -0.4 is 4.90 Å². The van der Waals surface area contributed by atoms with Gasteiger partial charge in [0.15, 0.2) is 0 Å². The highest BCUT2D eigenvalue weighted by molar-refractivity contribution is 5.94. The van der Waals surface area contributed by atoms with E-state index in [4.69, 9.17) is 4.74 Å². The minimum atomic E-state index is 0.0833. The van der Waals surface area contributed by atoms with Crippen LogP contribution in [0.25, 0.3) is 0 Å². The van der Waals surface area contributed by atoms with Crippen molar-refractivity contribution in [2.75, 3.05) is 44.8 Å². The number of carbonyl (C=O) groups excluding carboxylic acids is 2. The van der Waals surface area contributed by atoms with Crippen molar-refractivity contribution in [3.8, 4) is 0 Å². The van der Waals surface area contributed by atoms with Crippen LogP contribution >= 0.6 is 0 Å². The Bertz CT molecular complexity index is 1120. The molecule has 5 rings (SSSR count). The first-order valence-corrected chi connectivity index (χ1v) is 15.3. The fraction of sp³-hybridized carbons (Fsp3) is 0.576. The molecular formula is C33H46N4O3. The number of hydrogen-bond donors (Lipinski definition) is 0. The molecule has 0 aromatic heterocycles. The summed E-state index contributed by atoms with van der Waals surface area (Å²) in [5.74, 6) is 0.231. The lowest BCUT2D eigenvalue weighted by Crippen LogP contribution is -2.57. The third kappa shape index (κ3) is 6.76. The number of nitrogens with zero attached hydrogens (tertiary/aromatic N) is 4. The van der Waals surface area contributed by atoms with Crippen LogP contribution in [0, 0.1) is 0 Å². The maximum absolute atomic E-state index is 13.4. The van der Waals surface area contributed by atoms with Gasteiger partial charge in [0.05, 0.1) is 0 Å². The highest BCUT2D eigenvalue weighted by Crippen LogP contribution is 2.33. The van der Waals surface area contributed by atoms with E-state index < -0.39 is 0 Å². The molecule has 2 aromatic carbocycles. The van der Waals surface area contributed by atoms with Crippen molar-refractivity contribution in [2.24, 2.45) is 0 Å². The van der Waals surface area contributed by atoms with E-state index in [-0.39, 0.29) is 30.5 Å². The average Bonchev–Trinajstić information content (AvgIpc) is 2.99. The molecule has 0 saturated carbocycles. The van der Waals surface area contributed by atoms with Gasteiger partial charge in [-0.2, -0.15) is 0 Å². The van der Waals surface area contributed by atoms with E-state index in [1.54, 1.807) is 7.11 Å². The molecule has 0 spiro atoms. The maximum atomic E-state index is 13.4.